The van der Waals surface area contributed by atoms with Gasteiger partial charge in [0.2, 0.25) is 0 Å². The van der Waals surface area contributed by atoms with E-state index in [0.29, 0.717) is 0 Å². The number of carbonyl (C=O) groups excluding carboxylic acids is 1. The molecule has 1 rings (SSSR count). The van der Waals surface area contributed by atoms with Crippen LogP contribution >= 0.6 is 0 Å². The zero-order valence-electron chi connectivity index (χ0n) is 19.2. The molecule has 0 heterocycles. The lowest BCUT2D eigenvalue weighted by molar-refractivity contribution is -0.139. The van der Waals surface area contributed by atoms with Gasteiger partial charge in [0.1, 0.15) is 12.1 Å². The SMILES string of the molecule is C/C=C(/O)CCOCC(COCCC(=O)O)(COCCC(=O)O)NC(=O)OCc1ccccc1. The average Bonchev–Trinajstić information content (AvgIpc) is 2.81. The van der Waals surface area contributed by atoms with Crippen molar-refractivity contribution in [2.24, 2.45) is 0 Å². The Labute approximate surface area is 198 Å². The predicted molar refractivity (Wildman–Crippen MR) is 120 cm³/mol. The molecule has 0 aliphatic carbocycles. The van der Waals surface area contributed by atoms with Gasteiger partial charge >= 0.3 is 18.0 Å². The molecule has 1 amide bonds. The van der Waals surface area contributed by atoms with E-state index in [0.717, 1.165) is 5.56 Å². The summed E-state index contributed by atoms with van der Waals surface area (Å²) >= 11 is 0. The monoisotopic (exact) mass is 483 g/mol. The number of carboxylic acids is 2. The minimum Gasteiger partial charge on any atom is -0.513 e. The number of nitrogens with one attached hydrogen (secondary N) is 1. The topological polar surface area (TPSA) is 161 Å². The van der Waals surface area contributed by atoms with Crippen molar-refractivity contribution < 1.29 is 48.7 Å². The van der Waals surface area contributed by atoms with E-state index in [-0.39, 0.29) is 71.3 Å². The third kappa shape index (κ3) is 13.4. The zero-order chi connectivity index (χ0) is 25.2. The van der Waals surface area contributed by atoms with Crippen LogP contribution in [-0.2, 0) is 35.1 Å². The van der Waals surface area contributed by atoms with E-state index in [9.17, 15) is 19.5 Å². The van der Waals surface area contributed by atoms with Crippen molar-refractivity contribution in [2.45, 2.75) is 38.3 Å². The molecule has 0 atom stereocenters. The summed E-state index contributed by atoms with van der Waals surface area (Å²) in [5, 5.41) is 29.9. The Morgan fingerprint density at radius 1 is 0.853 bits per heavy atom. The second-order valence-electron chi connectivity index (χ2n) is 7.44. The van der Waals surface area contributed by atoms with Gasteiger partial charge in [0.05, 0.1) is 58.2 Å². The largest absolute Gasteiger partial charge is 0.513 e. The Kier molecular flexibility index (Phi) is 14.0. The van der Waals surface area contributed by atoms with E-state index >= 15 is 0 Å². The predicted octanol–water partition coefficient (Wildman–Crippen LogP) is 2.50. The summed E-state index contributed by atoms with van der Waals surface area (Å²) in [6.07, 6.45) is 0.492. The highest BCUT2D eigenvalue weighted by molar-refractivity contribution is 5.68. The number of carbonyl (C=O) groups is 3. The second-order valence-corrected chi connectivity index (χ2v) is 7.44. The maximum atomic E-state index is 12.6. The molecule has 0 saturated heterocycles. The van der Waals surface area contributed by atoms with E-state index in [1.807, 2.05) is 18.2 Å². The third-order valence-corrected chi connectivity index (χ3v) is 4.47. The number of benzene rings is 1. The standard InChI is InChI=1S/C23H33NO10/c1-2-19(25)8-11-31-15-23(16-32-12-9-20(26)27,17-33-13-10-21(28)29)24-22(30)34-14-18-6-4-3-5-7-18/h2-7,25H,8-17H2,1H3,(H,24,30)(H,26,27)(H,28,29)/b19-2+. The zero-order valence-corrected chi connectivity index (χ0v) is 19.2. The van der Waals surface area contributed by atoms with Crippen LogP contribution in [0.3, 0.4) is 0 Å². The molecule has 0 aliphatic heterocycles. The molecule has 0 saturated carbocycles. The smallest absolute Gasteiger partial charge is 0.408 e. The molecule has 0 radical (unpaired) electrons. The van der Waals surface area contributed by atoms with Gasteiger partial charge in [-0.1, -0.05) is 30.3 Å². The van der Waals surface area contributed by atoms with Gasteiger partial charge in [-0.3, -0.25) is 9.59 Å². The number of carboxylic acid groups (broad SMARTS) is 2. The molecule has 34 heavy (non-hydrogen) atoms. The molecule has 0 aromatic heterocycles. The van der Waals surface area contributed by atoms with Gasteiger partial charge in [-0.15, -0.1) is 0 Å². The molecule has 0 bridgehead atoms. The van der Waals surface area contributed by atoms with Crippen LogP contribution in [-0.4, -0.2) is 78.5 Å². The van der Waals surface area contributed by atoms with E-state index < -0.39 is 23.6 Å². The lowest BCUT2D eigenvalue weighted by Gasteiger charge is -2.33. The molecule has 0 unspecified atom stereocenters. The summed E-state index contributed by atoms with van der Waals surface area (Å²) in [5.74, 6) is -1.95. The summed E-state index contributed by atoms with van der Waals surface area (Å²) in [4.78, 5) is 34.2. The molecule has 190 valence electrons. The van der Waals surface area contributed by atoms with Crippen LogP contribution in [0.1, 0.15) is 31.7 Å². The van der Waals surface area contributed by atoms with Crippen LogP contribution in [0.15, 0.2) is 42.2 Å². The van der Waals surface area contributed by atoms with E-state index in [4.69, 9.17) is 29.2 Å². The van der Waals surface area contributed by atoms with Gasteiger partial charge in [-0.2, -0.15) is 0 Å². The normalized spacial score (nSPS) is 11.7. The van der Waals surface area contributed by atoms with Crippen molar-refractivity contribution >= 4 is 18.0 Å². The van der Waals surface area contributed by atoms with Crippen LogP contribution in [0, 0.1) is 0 Å². The van der Waals surface area contributed by atoms with E-state index in [2.05, 4.69) is 5.32 Å². The fraction of sp³-hybridized carbons (Fsp3) is 0.522. The second kappa shape index (κ2) is 16.5. The fourth-order valence-electron chi connectivity index (χ4n) is 2.65. The number of amides is 1. The van der Waals surface area contributed by atoms with Crippen molar-refractivity contribution in [1.82, 2.24) is 5.32 Å². The van der Waals surface area contributed by atoms with Crippen LogP contribution in [0.5, 0.6) is 0 Å². The van der Waals surface area contributed by atoms with Crippen molar-refractivity contribution in [1.29, 1.82) is 0 Å². The number of aliphatic hydroxyl groups is 1. The molecule has 0 spiro atoms. The average molecular weight is 484 g/mol. The van der Waals surface area contributed by atoms with Gasteiger partial charge in [-0.25, -0.2) is 4.79 Å². The Morgan fingerprint density at radius 3 is 1.82 bits per heavy atom. The summed E-state index contributed by atoms with van der Waals surface area (Å²) in [7, 11) is 0. The van der Waals surface area contributed by atoms with Crippen molar-refractivity contribution in [3.8, 4) is 0 Å². The van der Waals surface area contributed by atoms with Crippen molar-refractivity contribution in [3.63, 3.8) is 0 Å². The van der Waals surface area contributed by atoms with Gasteiger partial charge in [0.15, 0.2) is 0 Å². The van der Waals surface area contributed by atoms with E-state index in [1.54, 1.807) is 19.1 Å². The molecule has 0 aliphatic rings. The Bertz CT molecular complexity index is 759. The minimum absolute atomic E-state index is 0.0124. The van der Waals surface area contributed by atoms with Crippen LogP contribution < -0.4 is 5.32 Å². The highest BCUT2D eigenvalue weighted by Crippen LogP contribution is 2.12. The quantitative estimate of drug-likeness (QED) is 0.180. The molecule has 1 aromatic rings. The van der Waals surface area contributed by atoms with Crippen LogP contribution in [0.25, 0.3) is 0 Å². The molecule has 4 N–H and O–H groups in total. The molecule has 0 fully saturated rings. The lowest BCUT2D eigenvalue weighted by Crippen LogP contribution is -2.58. The van der Waals surface area contributed by atoms with Crippen LogP contribution in [0.2, 0.25) is 0 Å². The van der Waals surface area contributed by atoms with Gasteiger partial charge in [0, 0.05) is 6.42 Å². The number of allylic oxidation sites excluding steroid dienone is 1. The first-order valence-corrected chi connectivity index (χ1v) is 10.8. The Morgan fingerprint density at radius 2 is 1.35 bits per heavy atom. The molecule has 1 aromatic carbocycles. The molecular weight excluding hydrogens is 450 g/mol. The highest BCUT2D eigenvalue weighted by atomic mass is 16.6. The first kappa shape index (κ1) is 28.9. The number of ether oxygens (including phenoxy) is 4. The number of hydrogen-bond acceptors (Lipinski definition) is 8. The van der Waals surface area contributed by atoms with Crippen molar-refractivity contribution in [3.05, 3.63) is 47.7 Å². The first-order valence-electron chi connectivity index (χ1n) is 10.8. The number of rotatable bonds is 18. The molecule has 11 nitrogen and oxygen atoms in total. The van der Waals surface area contributed by atoms with E-state index in [1.165, 1.54) is 6.08 Å². The Hall–Kier alpha value is -3.15. The van der Waals surface area contributed by atoms with Gasteiger partial charge in [-0.05, 0) is 18.6 Å². The summed E-state index contributed by atoms with van der Waals surface area (Å²) in [6.45, 7) is 1.11. The lowest BCUT2D eigenvalue weighted by atomic mass is 10.0. The van der Waals surface area contributed by atoms with Crippen LogP contribution in [0.4, 0.5) is 4.79 Å². The Balaban J connectivity index is 2.86. The minimum atomic E-state index is -1.30. The maximum Gasteiger partial charge on any atom is 0.408 e. The summed E-state index contributed by atoms with van der Waals surface area (Å²) in [6, 6.07) is 9.03. The maximum absolute atomic E-state index is 12.6. The van der Waals surface area contributed by atoms with Gasteiger partial charge < -0.3 is 39.6 Å². The fourth-order valence-corrected chi connectivity index (χ4v) is 2.65. The summed E-state index contributed by atoms with van der Waals surface area (Å²) < 4.78 is 21.8. The van der Waals surface area contributed by atoms with Crippen molar-refractivity contribution in [2.75, 3.05) is 39.6 Å². The number of aliphatic hydroxyl groups excluding tert-OH is 1. The summed E-state index contributed by atoms with van der Waals surface area (Å²) in [5.41, 5.74) is -0.521. The number of alkyl carbamates (subject to hydrolysis) is 1. The number of aliphatic carboxylic acids is 2. The highest BCUT2D eigenvalue weighted by Gasteiger charge is 2.34. The number of hydrogen-bond donors (Lipinski definition) is 4. The third-order valence-electron chi connectivity index (χ3n) is 4.47. The molecule has 11 heteroatoms. The van der Waals surface area contributed by atoms with Gasteiger partial charge in [0.25, 0.3) is 0 Å². The first-order chi connectivity index (χ1) is 16.3. The molecular formula is C23H33NO10.